The number of hydrogen-bond donors (Lipinski definition) is 1. The lowest BCUT2D eigenvalue weighted by molar-refractivity contribution is 0.0952. The second-order valence-electron chi connectivity index (χ2n) is 7.76. The van der Waals surface area contributed by atoms with Gasteiger partial charge in [-0.1, -0.05) is 26.0 Å². The molecule has 0 atom stereocenters. The highest BCUT2D eigenvalue weighted by atomic mass is 16.5. The van der Waals surface area contributed by atoms with Crippen LogP contribution in [0.15, 0.2) is 73.1 Å². The van der Waals surface area contributed by atoms with Crippen LogP contribution >= 0.6 is 0 Å². The van der Waals surface area contributed by atoms with Gasteiger partial charge in [-0.05, 0) is 65.6 Å². The molecule has 0 aliphatic rings. The Morgan fingerprint density at radius 2 is 1.87 bits per heavy atom. The first kappa shape index (κ1) is 20.5. The van der Waals surface area contributed by atoms with Crippen molar-refractivity contribution in [1.29, 1.82) is 0 Å². The second-order valence-corrected chi connectivity index (χ2v) is 7.76. The Hall–Kier alpha value is -3.73. The van der Waals surface area contributed by atoms with E-state index in [1.54, 1.807) is 19.5 Å². The van der Waals surface area contributed by atoms with E-state index in [0.29, 0.717) is 18.0 Å². The molecular formula is C26H25N3O2. The van der Waals surface area contributed by atoms with Crippen LogP contribution in [0, 0.1) is 0 Å². The Bertz CT molecular complexity index is 1200. The van der Waals surface area contributed by atoms with Gasteiger partial charge in [0.15, 0.2) is 0 Å². The molecule has 1 N–H and O–H groups in total. The van der Waals surface area contributed by atoms with Crippen molar-refractivity contribution in [3.05, 3.63) is 89.7 Å². The summed E-state index contributed by atoms with van der Waals surface area (Å²) in [6, 6.07) is 19.5. The number of amides is 1. The zero-order chi connectivity index (χ0) is 21.8. The summed E-state index contributed by atoms with van der Waals surface area (Å²) < 4.78 is 5.26. The van der Waals surface area contributed by atoms with Crippen LogP contribution < -0.4 is 10.1 Å². The standard InChI is InChI=1S/C26H25N3O2/c1-17(2)20-8-11-24-22(13-20)23(26(30)28-16-18-5-4-12-27-15-18)14-25(29-24)19-6-9-21(31-3)10-7-19/h4-15,17H,16H2,1-3H3,(H,28,30). The van der Waals surface area contributed by atoms with Crippen LogP contribution in [0.25, 0.3) is 22.2 Å². The number of nitrogens with zero attached hydrogens (tertiary/aromatic N) is 2. The van der Waals surface area contributed by atoms with Crippen molar-refractivity contribution in [3.63, 3.8) is 0 Å². The molecule has 0 bridgehead atoms. The predicted molar refractivity (Wildman–Crippen MR) is 123 cm³/mol. The van der Waals surface area contributed by atoms with Gasteiger partial charge in [-0.25, -0.2) is 4.98 Å². The monoisotopic (exact) mass is 411 g/mol. The van der Waals surface area contributed by atoms with Crippen molar-refractivity contribution in [2.24, 2.45) is 0 Å². The van der Waals surface area contributed by atoms with E-state index in [-0.39, 0.29) is 5.91 Å². The molecule has 0 radical (unpaired) electrons. The van der Waals surface area contributed by atoms with Gasteiger partial charge in [-0.3, -0.25) is 9.78 Å². The Morgan fingerprint density at radius 1 is 1.06 bits per heavy atom. The highest BCUT2D eigenvalue weighted by molar-refractivity contribution is 6.07. The number of carbonyl (C=O) groups excluding carboxylic acids is 1. The van der Waals surface area contributed by atoms with E-state index >= 15 is 0 Å². The summed E-state index contributed by atoms with van der Waals surface area (Å²) in [4.78, 5) is 22.2. The van der Waals surface area contributed by atoms with Gasteiger partial charge in [-0.15, -0.1) is 0 Å². The molecule has 4 aromatic rings. The first-order valence-electron chi connectivity index (χ1n) is 10.3. The smallest absolute Gasteiger partial charge is 0.252 e. The van der Waals surface area contributed by atoms with Crippen molar-refractivity contribution in [3.8, 4) is 17.0 Å². The third kappa shape index (κ3) is 4.56. The van der Waals surface area contributed by atoms with E-state index < -0.39 is 0 Å². The van der Waals surface area contributed by atoms with Gasteiger partial charge in [-0.2, -0.15) is 0 Å². The van der Waals surface area contributed by atoms with E-state index in [0.717, 1.165) is 33.5 Å². The normalized spacial score (nSPS) is 11.0. The van der Waals surface area contributed by atoms with Crippen LogP contribution in [0.1, 0.15) is 41.3 Å². The average Bonchev–Trinajstić information content (AvgIpc) is 2.82. The van der Waals surface area contributed by atoms with Gasteiger partial charge < -0.3 is 10.1 Å². The van der Waals surface area contributed by atoms with Crippen LogP contribution in [-0.2, 0) is 6.54 Å². The summed E-state index contributed by atoms with van der Waals surface area (Å²) in [5, 5.41) is 3.88. The topological polar surface area (TPSA) is 64.1 Å². The maximum atomic E-state index is 13.2. The van der Waals surface area contributed by atoms with Crippen LogP contribution in [0.5, 0.6) is 5.75 Å². The van der Waals surface area contributed by atoms with Gasteiger partial charge in [0.2, 0.25) is 0 Å². The quantitative estimate of drug-likeness (QED) is 0.464. The highest BCUT2D eigenvalue weighted by Crippen LogP contribution is 2.28. The van der Waals surface area contributed by atoms with Crippen LogP contribution in [0.4, 0.5) is 0 Å². The number of nitrogens with one attached hydrogen (secondary N) is 1. The Morgan fingerprint density at radius 3 is 2.55 bits per heavy atom. The number of rotatable bonds is 6. The average molecular weight is 412 g/mol. The van der Waals surface area contributed by atoms with Crippen LogP contribution in [0.3, 0.4) is 0 Å². The fraction of sp³-hybridized carbons (Fsp3) is 0.192. The summed E-state index contributed by atoms with van der Waals surface area (Å²) in [5.74, 6) is 1.00. The van der Waals surface area contributed by atoms with Crippen molar-refractivity contribution in [2.75, 3.05) is 7.11 Å². The molecule has 0 saturated carbocycles. The number of ether oxygens (including phenoxy) is 1. The number of benzene rings is 2. The SMILES string of the molecule is COc1ccc(-c2cc(C(=O)NCc3cccnc3)c3cc(C(C)C)ccc3n2)cc1. The van der Waals surface area contributed by atoms with E-state index in [2.05, 4.69) is 36.3 Å². The van der Waals surface area contributed by atoms with Gasteiger partial charge >= 0.3 is 0 Å². The molecule has 31 heavy (non-hydrogen) atoms. The van der Waals surface area contributed by atoms with E-state index in [4.69, 9.17) is 9.72 Å². The maximum absolute atomic E-state index is 13.2. The number of pyridine rings is 2. The molecular weight excluding hydrogens is 386 g/mol. The Balaban J connectivity index is 1.76. The summed E-state index contributed by atoms with van der Waals surface area (Å²) in [7, 11) is 1.64. The Kier molecular flexibility index (Phi) is 5.94. The van der Waals surface area contributed by atoms with Gasteiger partial charge in [0, 0.05) is 29.9 Å². The minimum Gasteiger partial charge on any atom is -0.497 e. The first-order chi connectivity index (χ1) is 15.0. The molecule has 2 aromatic carbocycles. The third-order valence-electron chi connectivity index (χ3n) is 5.31. The molecule has 2 aromatic heterocycles. The summed E-state index contributed by atoms with van der Waals surface area (Å²) in [5.41, 5.74) is 5.21. The highest BCUT2D eigenvalue weighted by Gasteiger charge is 2.15. The minimum atomic E-state index is -0.132. The van der Waals surface area contributed by atoms with E-state index in [1.165, 1.54) is 5.56 Å². The Labute approximate surface area is 182 Å². The van der Waals surface area contributed by atoms with Gasteiger partial charge in [0.05, 0.1) is 23.9 Å². The molecule has 4 rings (SSSR count). The molecule has 156 valence electrons. The number of carbonyl (C=O) groups is 1. The van der Waals surface area contributed by atoms with Crippen LogP contribution in [-0.4, -0.2) is 23.0 Å². The van der Waals surface area contributed by atoms with Crippen LogP contribution in [0.2, 0.25) is 0 Å². The molecule has 0 aliphatic carbocycles. The lowest BCUT2D eigenvalue weighted by Gasteiger charge is -2.13. The molecule has 5 heteroatoms. The summed E-state index contributed by atoms with van der Waals surface area (Å²) >= 11 is 0. The summed E-state index contributed by atoms with van der Waals surface area (Å²) in [6.45, 7) is 4.70. The molecule has 0 fully saturated rings. The molecule has 0 unspecified atom stereocenters. The summed E-state index contributed by atoms with van der Waals surface area (Å²) in [6.07, 6.45) is 3.47. The zero-order valence-corrected chi connectivity index (χ0v) is 17.9. The predicted octanol–water partition coefficient (Wildman–Crippen LogP) is 5.36. The third-order valence-corrected chi connectivity index (χ3v) is 5.31. The molecule has 1 amide bonds. The van der Waals surface area contributed by atoms with Crippen molar-refractivity contribution in [1.82, 2.24) is 15.3 Å². The van der Waals surface area contributed by atoms with Gasteiger partial charge in [0.1, 0.15) is 5.75 Å². The number of fused-ring (bicyclic) bond motifs is 1. The molecule has 0 spiro atoms. The maximum Gasteiger partial charge on any atom is 0.252 e. The lowest BCUT2D eigenvalue weighted by atomic mass is 9.97. The number of hydrogen-bond acceptors (Lipinski definition) is 4. The lowest BCUT2D eigenvalue weighted by Crippen LogP contribution is -2.23. The molecule has 2 heterocycles. The van der Waals surface area contributed by atoms with Crippen molar-refractivity contribution in [2.45, 2.75) is 26.3 Å². The second kappa shape index (κ2) is 8.96. The molecule has 0 saturated heterocycles. The fourth-order valence-electron chi connectivity index (χ4n) is 3.48. The van der Waals surface area contributed by atoms with Gasteiger partial charge in [0.25, 0.3) is 5.91 Å². The zero-order valence-electron chi connectivity index (χ0n) is 17.9. The molecule has 0 aliphatic heterocycles. The van der Waals surface area contributed by atoms with E-state index in [1.807, 2.05) is 48.5 Å². The molecule has 5 nitrogen and oxygen atoms in total. The fourth-order valence-corrected chi connectivity index (χ4v) is 3.48. The van der Waals surface area contributed by atoms with E-state index in [9.17, 15) is 4.79 Å². The number of methoxy groups -OCH3 is 1. The number of aromatic nitrogens is 2. The largest absolute Gasteiger partial charge is 0.497 e. The first-order valence-corrected chi connectivity index (χ1v) is 10.3. The van der Waals surface area contributed by atoms with Crippen molar-refractivity contribution < 1.29 is 9.53 Å². The minimum absolute atomic E-state index is 0.132. The van der Waals surface area contributed by atoms with Crippen molar-refractivity contribution >= 4 is 16.8 Å².